The molecular weight excluding hydrogens is 132 g/mol. The summed E-state index contributed by atoms with van der Waals surface area (Å²) in [5, 5.41) is 0. The van der Waals surface area contributed by atoms with Gasteiger partial charge in [-0.3, -0.25) is 0 Å². The molecule has 0 aromatic heterocycles. The molecule has 0 fully saturated rings. The van der Waals surface area contributed by atoms with Gasteiger partial charge in [-0.2, -0.15) is 0 Å². The van der Waals surface area contributed by atoms with E-state index in [2.05, 4.69) is 27.7 Å². The largest absolute Gasteiger partial charge is 0.0654 e. The molecule has 0 rings (SSSR count). The Balaban J connectivity index is 3.43. The minimum atomic E-state index is 0.353. The molecule has 0 bridgehead atoms. The molecule has 0 aliphatic heterocycles. The van der Waals surface area contributed by atoms with Crippen LogP contribution in [-0.2, 0) is 0 Å². The molecule has 0 amide bonds. The van der Waals surface area contributed by atoms with Gasteiger partial charge >= 0.3 is 0 Å². The van der Waals surface area contributed by atoms with Gasteiger partial charge < -0.3 is 0 Å². The molecule has 67 valence electrons. The van der Waals surface area contributed by atoms with Crippen molar-refractivity contribution in [2.45, 2.75) is 59.3 Å². The second-order valence-electron chi connectivity index (χ2n) is 4.02. The fourth-order valence-electron chi connectivity index (χ4n) is 1.33. The smallest absolute Gasteiger partial charge is 0.0326 e. The SMILES string of the molecule is [CH2]C(C)(CCCC)CCCC. The third-order valence-electron chi connectivity index (χ3n) is 2.27. The lowest BCUT2D eigenvalue weighted by atomic mass is 9.82. The highest BCUT2D eigenvalue weighted by molar-refractivity contribution is 4.75. The Labute approximate surface area is 72.4 Å². The van der Waals surface area contributed by atoms with Crippen LogP contribution in [0.2, 0.25) is 0 Å². The molecular formula is C11H23. The Kier molecular flexibility index (Phi) is 5.62. The molecule has 0 atom stereocenters. The van der Waals surface area contributed by atoms with E-state index in [0.29, 0.717) is 5.41 Å². The van der Waals surface area contributed by atoms with Gasteiger partial charge in [-0.15, -0.1) is 0 Å². The highest BCUT2D eigenvalue weighted by Gasteiger charge is 2.15. The number of unbranched alkanes of at least 4 members (excludes halogenated alkanes) is 2. The fraction of sp³-hybridized carbons (Fsp3) is 0.909. The monoisotopic (exact) mass is 155 g/mol. The van der Waals surface area contributed by atoms with Crippen LogP contribution in [0.3, 0.4) is 0 Å². The van der Waals surface area contributed by atoms with Crippen molar-refractivity contribution in [3.8, 4) is 0 Å². The zero-order valence-corrected chi connectivity index (χ0v) is 8.45. The van der Waals surface area contributed by atoms with Crippen molar-refractivity contribution in [3.63, 3.8) is 0 Å². The average Bonchev–Trinajstić information content (AvgIpc) is 1.97. The molecule has 11 heavy (non-hydrogen) atoms. The number of hydrogen-bond donors (Lipinski definition) is 0. The topological polar surface area (TPSA) is 0 Å². The summed E-state index contributed by atoms with van der Waals surface area (Å²) in [6.45, 7) is 11.0. The van der Waals surface area contributed by atoms with Crippen molar-refractivity contribution < 1.29 is 0 Å². The predicted octanol–water partition coefficient (Wildman–Crippen LogP) is 4.21. The van der Waals surface area contributed by atoms with Crippen molar-refractivity contribution in [2.75, 3.05) is 0 Å². The Morgan fingerprint density at radius 3 is 1.64 bits per heavy atom. The summed E-state index contributed by atoms with van der Waals surface area (Å²) in [5.41, 5.74) is 0.353. The molecule has 0 saturated carbocycles. The van der Waals surface area contributed by atoms with Gasteiger partial charge in [0.15, 0.2) is 0 Å². The minimum Gasteiger partial charge on any atom is -0.0654 e. The van der Waals surface area contributed by atoms with Crippen LogP contribution in [0.25, 0.3) is 0 Å². The molecule has 0 spiro atoms. The zero-order chi connectivity index (χ0) is 8.74. The highest BCUT2D eigenvalue weighted by Crippen LogP contribution is 2.28. The first kappa shape index (κ1) is 11.0. The minimum absolute atomic E-state index is 0.353. The summed E-state index contributed by atoms with van der Waals surface area (Å²) >= 11 is 0. The molecule has 0 saturated heterocycles. The van der Waals surface area contributed by atoms with Gasteiger partial charge in [0.2, 0.25) is 0 Å². The first-order valence-electron chi connectivity index (χ1n) is 4.97. The van der Waals surface area contributed by atoms with Gasteiger partial charge in [0.1, 0.15) is 0 Å². The molecule has 0 heteroatoms. The molecule has 0 aliphatic rings. The maximum Gasteiger partial charge on any atom is -0.0326 e. The van der Waals surface area contributed by atoms with E-state index in [4.69, 9.17) is 0 Å². The van der Waals surface area contributed by atoms with Crippen LogP contribution >= 0.6 is 0 Å². The molecule has 0 aromatic rings. The Morgan fingerprint density at radius 1 is 1.00 bits per heavy atom. The van der Waals surface area contributed by atoms with E-state index in [9.17, 15) is 0 Å². The van der Waals surface area contributed by atoms with E-state index >= 15 is 0 Å². The van der Waals surface area contributed by atoms with Crippen molar-refractivity contribution in [1.29, 1.82) is 0 Å². The first-order chi connectivity index (χ1) is 5.12. The predicted molar refractivity (Wildman–Crippen MR) is 52.5 cm³/mol. The molecule has 0 nitrogen and oxygen atoms in total. The third kappa shape index (κ3) is 6.40. The highest BCUT2D eigenvalue weighted by atomic mass is 14.2. The summed E-state index contributed by atoms with van der Waals surface area (Å²) in [4.78, 5) is 0. The van der Waals surface area contributed by atoms with Crippen molar-refractivity contribution in [3.05, 3.63) is 6.92 Å². The molecule has 1 radical (unpaired) electrons. The first-order valence-corrected chi connectivity index (χ1v) is 4.97. The second kappa shape index (κ2) is 5.62. The summed E-state index contributed by atoms with van der Waals surface area (Å²) < 4.78 is 0. The molecule has 0 aliphatic carbocycles. The molecule has 0 heterocycles. The zero-order valence-electron chi connectivity index (χ0n) is 8.45. The van der Waals surface area contributed by atoms with E-state index in [1.54, 1.807) is 0 Å². The Hall–Kier alpha value is 0. The lowest BCUT2D eigenvalue weighted by Gasteiger charge is -2.23. The number of rotatable bonds is 6. The van der Waals surface area contributed by atoms with Crippen molar-refractivity contribution in [1.82, 2.24) is 0 Å². The summed E-state index contributed by atoms with van der Waals surface area (Å²) in [7, 11) is 0. The second-order valence-corrected chi connectivity index (χ2v) is 4.02. The van der Waals surface area contributed by atoms with Gasteiger partial charge in [-0.1, -0.05) is 46.5 Å². The Bertz CT molecular complexity index is 72.0. The van der Waals surface area contributed by atoms with Crippen LogP contribution in [-0.4, -0.2) is 0 Å². The van der Waals surface area contributed by atoms with E-state index in [1.807, 2.05) is 0 Å². The van der Waals surface area contributed by atoms with E-state index in [1.165, 1.54) is 38.5 Å². The van der Waals surface area contributed by atoms with Crippen LogP contribution in [0.5, 0.6) is 0 Å². The van der Waals surface area contributed by atoms with Crippen LogP contribution in [0.4, 0.5) is 0 Å². The van der Waals surface area contributed by atoms with Crippen molar-refractivity contribution in [2.24, 2.45) is 5.41 Å². The van der Waals surface area contributed by atoms with E-state index in [0.717, 1.165) is 0 Å². The lowest BCUT2D eigenvalue weighted by Crippen LogP contribution is -2.10. The van der Waals surface area contributed by atoms with Crippen LogP contribution in [0.1, 0.15) is 59.3 Å². The Morgan fingerprint density at radius 2 is 1.36 bits per heavy atom. The molecule has 0 unspecified atom stereocenters. The molecule has 0 aromatic carbocycles. The quantitative estimate of drug-likeness (QED) is 0.539. The number of hydrogen-bond acceptors (Lipinski definition) is 0. The third-order valence-corrected chi connectivity index (χ3v) is 2.27. The van der Waals surface area contributed by atoms with Crippen molar-refractivity contribution >= 4 is 0 Å². The van der Waals surface area contributed by atoms with E-state index in [-0.39, 0.29) is 0 Å². The van der Waals surface area contributed by atoms with E-state index < -0.39 is 0 Å². The normalized spacial score (nSPS) is 12.0. The summed E-state index contributed by atoms with van der Waals surface area (Å²) in [6, 6.07) is 0. The van der Waals surface area contributed by atoms with Gasteiger partial charge in [-0.25, -0.2) is 0 Å². The average molecular weight is 155 g/mol. The van der Waals surface area contributed by atoms with Crippen LogP contribution < -0.4 is 0 Å². The maximum atomic E-state index is 4.24. The summed E-state index contributed by atoms with van der Waals surface area (Å²) in [5.74, 6) is 0. The van der Waals surface area contributed by atoms with Gasteiger partial charge in [-0.05, 0) is 25.2 Å². The standard InChI is InChI=1S/C11H23/c1-5-7-9-11(3,4)10-8-6-2/h3,5-10H2,1-2,4H3. The van der Waals surface area contributed by atoms with Crippen LogP contribution in [0.15, 0.2) is 0 Å². The van der Waals surface area contributed by atoms with Gasteiger partial charge in [0.05, 0.1) is 0 Å². The fourth-order valence-corrected chi connectivity index (χ4v) is 1.33. The van der Waals surface area contributed by atoms with Gasteiger partial charge in [0.25, 0.3) is 0 Å². The lowest BCUT2D eigenvalue weighted by molar-refractivity contribution is 0.333. The molecule has 0 N–H and O–H groups in total. The maximum absolute atomic E-state index is 4.24. The summed E-state index contributed by atoms with van der Waals surface area (Å²) in [6.07, 6.45) is 7.87. The van der Waals surface area contributed by atoms with Gasteiger partial charge in [0, 0.05) is 0 Å². The van der Waals surface area contributed by atoms with Crippen LogP contribution in [0, 0.1) is 12.3 Å².